The standard InChI is InChI=1S/C27H27NO4/c1-29-26-18-24(30-19-23-11-7-8-16-28-23)14-13-22(26)10-6-4-2-3-5-9-21-12-15-25-27(17-21)32-20-31-25/h5-18H,2-4,19-20H2,1H3/b9-5+,10-6+. The second-order valence-corrected chi connectivity index (χ2v) is 7.36. The van der Waals surface area contributed by atoms with Gasteiger partial charge in [0.25, 0.3) is 0 Å². The van der Waals surface area contributed by atoms with Crippen LogP contribution in [0, 0.1) is 0 Å². The monoisotopic (exact) mass is 429 g/mol. The second kappa shape index (κ2) is 11.0. The molecule has 0 atom stereocenters. The van der Waals surface area contributed by atoms with Crippen molar-refractivity contribution in [2.45, 2.75) is 25.9 Å². The lowest BCUT2D eigenvalue weighted by atomic mass is 10.1. The van der Waals surface area contributed by atoms with E-state index in [0.717, 1.165) is 59.1 Å². The zero-order valence-corrected chi connectivity index (χ0v) is 18.2. The molecule has 1 aliphatic heterocycles. The molecule has 0 amide bonds. The fourth-order valence-corrected chi connectivity index (χ4v) is 3.36. The van der Waals surface area contributed by atoms with Crippen LogP contribution in [-0.2, 0) is 6.61 Å². The summed E-state index contributed by atoms with van der Waals surface area (Å²) in [5.41, 5.74) is 3.05. The average Bonchev–Trinajstić information content (AvgIpc) is 3.31. The molecule has 0 aliphatic carbocycles. The molecular formula is C27H27NO4. The summed E-state index contributed by atoms with van der Waals surface area (Å²) in [6.45, 7) is 0.736. The van der Waals surface area contributed by atoms with Crippen LogP contribution in [0.15, 0.2) is 72.9 Å². The second-order valence-electron chi connectivity index (χ2n) is 7.36. The summed E-state index contributed by atoms with van der Waals surface area (Å²) in [5, 5.41) is 0. The highest BCUT2D eigenvalue weighted by atomic mass is 16.7. The van der Waals surface area contributed by atoms with Gasteiger partial charge in [-0.15, -0.1) is 0 Å². The Morgan fingerprint density at radius 3 is 2.66 bits per heavy atom. The van der Waals surface area contributed by atoms with E-state index < -0.39 is 0 Å². The highest BCUT2D eigenvalue weighted by Gasteiger charge is 2.12. The summed E-state index contributed by atoms with van der Waals surface area (Å²) in [4.78, 5) is 4.27. The van der Waals surface area contributed by atoms with Crippen molar-refractivity contribution >= 4 is 12.2 Å². The maximum absolute atomic E-state index is 5.83. The zero-order chi connectivity index (χ0) is 22.0. The average molecular weight is 430 g/mol. The lowest BCUT2D eigenvalue weighted by Crippen LogP contribution is -1.98. The summed E-state index contributed by atoms with van der Waals surface area (Å²) in [7, 11) is 1.68. The summed E-state index contributed by atoms with van der Waals surface area (Å²) in [6.07, 6.45) is 13.4. The minimum absolute atomic E-state index is 0.306. The molecule has 5 nitrogen and oxygen atoms in total. The van der Waals surface area contributed by atoms with E-state index in [1.165, 1.54) is 0 Å². The third kappa shape index (κ3) is 5.91. The van der Waals surface area contributed by atoms with Gasteiger partial charge in [-0.05, 0) is 61.2 Å². The van der Waals surface area contributed by atoms with Crippen LogP contribution in [0.3, 0.4) is 0 Å². The summed E-state index contributed by atoms with van der Waals surface area (Å²) >= 11 is 0. The Morgan fingerprint density at radius 1 is 0.938 bits per heavy atom. The number of aromatic nitrogens is 1. The lowest BCUT2D eigenvalue weighted by molar-refractivity contribution is 0.174. The van der Waals surface area contributed by atoms with Crippen molar-refractivity contribution in [2.75, 3.05) is 13.9 Å². The molecule has 0 N–H and O–H groups in total. The summed E-state index contributed by atoms with van der Waals surface area (Å²) in [5.74, 6) is 3.19. The Balaban J connectivity index is 1.23. The molecule has 32 heavy (non-hydrogen) atoms. The first kappa shape index (κ1) is 21.5. The SMILES string of the molecule is COc1cc(OCc2ccccn2)ccc1/C=C/CCC/C=C/c1ccc2c(c1)OCO2. The fraction of sp³-hybridized carbons (Fsp3) is 0.222. The number of allylic oxidation sites excluding steroid dienone is 2. The van der Waals surface area contributed by atoms with Gasteiger partial charge in [0.05, 0.1) is 12.8 Å². The third-order valence-corrected chi connectivity index (χ3v) is 5.06. The molecule has 0 radical (unpaired) electrons. The summed E-state index contributed by atoms with van der Waals surface area (Å²) < 4.78 is 22.1. The van der Waals surface area contributed by atoms with Crippen molar-refractivity contribution in [3.05, 3.63) is 89.8 Å². The predicted octanol–water partition coefficient (Wildman–Crippen LogP) is 6.29. The van der Waals surface area contributed by atoms with E-state index in [2.05, 4.69) is 29.3 Å². The van der Waals surface area contributed by atoms with Crippen molar-refractivity contribution in [2.24, 2.45) is 0 Å². The van der Waals surface area contributed by atoms with E-state index in [9.17, 15) is 0 Å². The molecule has 0 saturated carbocycles. The van der Waals surface area contributed by atoms with Crippen molar-refractivity contribution in [3.63, 3.8) is 0 Å². The van der Waals surface area contributed by atoms with Gasteiger partial charge in [0, 0.05) is 17.8 Å². The van der Waals surface area contributed by atoms with Gasteiger partial charge in [-0.25, -0.2) is 0 Å². The van der Waals surface area contributed by atoms with E-state index in [-0.39, 0.29) is 0 Å². The minimum atomic E-state index is 0.306. The van der Waals surface area contributed by atoms with Crippen LogP contribution in [0.5, 0.6) is 23.0 Å². The first-order chi connectivity index (χ1) is 15.8. The number of nitrogens with zero attached hydrogens (tertiary/aromatic N) is 1. The molecule has 1 aliphatic rings. The molecule has 1 aromatic heterocycles. The molecule has 0 unspecified atom stereocenters. The molecule has 0 saturated heterocycles. The number of pyridine rings is 1. The van der Waals surface area contributed by atoms with Gasteiger partial charge in [-0.2, -0.15) is 0 Å². The van der Waals surface area contributed by atoms with Crippen LogP contribution in [-0.4, -0.2) is 18.9 Å². The number of benzene rings is 2. The molecule has 164 valence electrons. The molecule has 0 bridgehead atoms. The number of fused-ring (bicyclic) bond motifs is 1. The maximum Gasteiger partial charge on any atom is 0.231 e. The number of unbranched alkanes of at least 4 members (excludes halogenated alkanes) is 2. The highest BCUT2D eigenvalue weighted by Crippen LogP contribution is 2.33. The van der Waals surface area contributed by atoms with E-state index >= 15 is 0 Å². The van der Waals surface area contributed by atoms with Gasteiger partial charge in [-0.1, -0.05) is 36.4 Å². The van der Waals surface area contributed by atoms with Crippen molar-refractivity contribution in [1.82, 2.24) is 4.98 Å². The normalized spacial score (nSPS) is 12.5. The Morgan fingerprint density at radius 2 is 1.81 bits per heavy atom. The lowest BCUT2D eigenvalue weighted by Gasteiger charge is -2.10. The number of methoxy groups -OCH3 is 1. The smallest absolute Gasteiger partial charge is 0.231 e. The molecule has 5 heteroatoms. The van der Waals surface area contributed by atoms with Crippen LogP contribution in [0.25, 0.3) is 12.2 Å². The van der Waals surface area contributed by atoms with Gasteiger partial charge in [0.15, 0.2) is 11.5 Å². The quantitative estimate of drug-likeness (QED) is 0.354. The third-order valence-electron chi connectivity index (χ3n) is 5.06. The van der Waals surface area contributed by atoms with Gasteiger partial charge in [-0.3, -0.25) is 4.98 Å². The number of hydrogen-bond acceptors (Lipinski definition) is 5. The van der Waals surface area contributed by atoms with Crippen molar-refractivity contribution in [3.8, 4) is 23.0 Å². The van der Waals surface area contributed by atoms with Crippen molar-refractivity contribution < 1.29 is 18.9 Å². The van der Waals surface area contributed by atoms with Crippen LogP contribution >= 0.6 is 0 Å². The number of hydrogen-bond donors (Lipinski definition) is 0. The minimum Gasteiger partial charge on any atom is -0.496 e. The largest absolute Gasteiger partial charge is 0.496 e. The topological polar surface area (TPSA) is 49.8 Å². The Kier molecular flexibility index (Phi) is 7.42. The highest BCUT2D eigenvalue weighted by molar-refractivity contribution is 5.59. The molecule has 4 rings (SSSR count). The maximum atomic E-state index is 5.83. The van der Waals surface area contributed by atoms with Crippen molar-refractivity contribution in [1.29, 1.82) is 0 Å². The van der Waals surface area contributed by atoms with Gasteiger partial charge >= 0.3 is 0 Å². The van der Waals surface area contributed by atoms with E-state index in [0.29, 0.717) is 13.4 Å². The van der Waals surface area contributed by atoms with Gasteiger partial charge in [0.1, 0.15) is 18.1 Å². The van der Waals surface area contributed by atoms with E-state index in [1.54, 1.807) is 13.3 Å². The first-order valence-electron chi connectivity index (χ1n) is 10.8. The van der Waals surface area contributed by atoms with E-state index in [1.807, 2.05) is 54.6 Å². The fourth-order valence-electron chi connectivity index (χ4n) is 3.36. The Hall–Kier alpha value is -3.73. The Bertz CT molecular complexity index is 1080. The summed E-state index contributed by atoms with van der Waals surface area (Å²) in [6, 6.07) is 17.7. The molecular weight excluding hydrogens is 402 g/mol. The molecule has 2 heterocycles. The van der Waals surface area contributed by atoms with Crippen LogP contribution < -0.4 is 18.9 Å². The first-order valence-corrected chi connectivity index (χ1v) is 10.8. The van der Waals surface area contributed by atoms with Gasteiger partial charge in [0.2, 0.25) is 6.79 Å². The molecule has 3 aromatic rings. The molecule has 2 aromatic carbocycles. The van der Waals surface area contributed by atoms with Crippen LogP contribution in [0.1, 0.15) is 36.1 Å². The number of rotatable bonds is 10. The van der Waals surface area contributed by atoms with Gasteiger partial charge < -0.3 is 18.9 Å². The van der Waals surface area contributed by atoms with E-state index in [4.69, 9.17) is 18.9 Å². The predicted molar refractivity (Wildman–Crippen MR) is 126 cm³/mol. The number of ether oxygens (including phenoxy) is 4. The molecule has 0 fully saturated rings. The Labute approximate surface area is 188 Å². The van der Waals surface area contributed by atoms with Crippen LogP contribution in [0.4, 0.5) is 0 Å². The molecule has 0 spiro atoms. The van der Waals surface area contributed by atoms with Crippen LogP contribution in [0.2, 0.25) is 0 Å². The zero-order valence-electron chi connectivity index (χ0n) is 18.2.